The van der Waals surface area contributed by atoms with Crippen LogP contribution in [0.3, 0.4) is 0 Å². The largest absolute Gasteiger partial charge is 0.321 e. The summed E-state index contributed by atoms with van der Waals surface area (Å²) < 4.78 is 22.5. The summed E-state index contributed by atoms with van der Waals surface area (Å²) >= 11 is 1.10. The Balaban J connectivity index is 1.67. The highest BCUT2D eigenvalue weighted by Gasteiger charge is 2.15. The van der Waals surface area contributed by atoms with Crippen molar-refractivity contribution in [3.8, 4) is 0 Å². The zero-order chi connectivity index (χ0) is 21.2. The van der Waals surface area contributed by atoms with Crippen molar-refractivity contribution < 1.29 is 18.0 Å². The number of sulfonamides is 1. The maximum atomic E-state index is 12.4. The van der Waals surface area contributed by atoms with Crippen molar-refractivity contribution in [1.29, 1.82) is 0 Å². The first kappa shape index (κ1) is 20.6. The number of nitrogens with zero attached hydrogens (tertiary/aromatic N) is 1. The van der Waals surface area contributed by atoms with Gasteiger partial charge in [-0.1, -0.05) is 6.07 Å². The number of carbonyl (C=O) groups excluding carboxylic acids is 2. The van der Waals surface area contributed by atoms with Crippen LogP contribution in [0.1, 0.15) is 32.0 Å². The van der Waals surface area contributed by atoms with E-state index in [1.54, 1.807) is 6.07 Å². The molecule has 150 valence electrons. The topological polar surface area (TPSA) is 131 Å². The van der Waals surface area contributed by atoms with Gasteiger partial charge < -0.3 is 5.32 Å². The summed E-state index contributed by atoms with van der Waals surface area (Å²) in [6.07, 6.45) is 0. The van der Waals surface area contributed by atoms with Crippen molar-refractivity contribution in [1.82, 2.24) is 4.98 Å². The van der Waals surface area contributed by atoms with E-state index in [9.17, 15) is 18.0 Å². The molecule has 1 aromatic heterocycles. The molecule has 0 fully saturated rings. The summed E-state index contributed by atoms with van der Waals surface area (Å²) in [6.45, 7) is 3.94. The van der Waals surface area contributed by atoms with E-state index in [1.807, 2.05) is 26.0 Å². The molecule has 1 heterocycles. The first-order valence-electron chi connectivity index (χ1n) is 8.42. The van der Waals surface area contributed by atoms with Crippen LogP contribution in [0.5, 0.6) is 0 Å². The molecule has 0 aliphatic rings. The van der Waals surface area contributed by atoms with Gasteiger partial charge in [-0.05, 0) is 61.4 Å². The summed E-state index contributed by atoms with van der Waals surface area (Å²) in [4.78, 5) is 28.7. The van der Waals surface area contributed by atoms with E-state index in [-0.39, 0.29) is 27.2 Å². The van der Waals surface area contributed by atoms with Crippen molar-refractivity contribution >= 4 is 44.0 Å². The van der Waals surface area contributed by atoms with Gasteiger partial charge in [0.15, 0.2) is 5.13 Å². The van der Waals surface area contributed by atoms with Crippen molar-refractivity contribution in [3.05, 3.63) is 70.2 Å². The summed E-state index contributed by atoms with van der Waals surface area (Å²) in [5.41, 5.74) is 3.25. The van der Waals surface area contributed by atoms with E-state index in [4.69, 9.17) is 5.14 Å². The highest BCUT2D eigenvalue weighted by Crippen LogP contribution is 2.19. The second-order valence-electron chi connectivity index (χ2n) is 6.31. The van der Waals surface area contributed by atoms with Crippen LogP contribution in [0.25, 0.3) is 0 Å². The fraction of sp³-hybridized carbons (Fsp3) is 0.105. The quantitative estimate of drug-likeness (QED) is 0.573. The molecule has 0 radical (unpaired) electrons. The first-order chi connectivity index (χ1) is 13.6. The molecule has 0 saturated carbocycles. The van der Waals surface area contributed by atoms with Crippen LogP contribution in [-0.4, -0.2) is 25.2 Å². The number of anilines is 2. The van der Waals surface area contributed by atoms with Crippen molar-refractivity contribution in [3.63, 3.8) is 0 Å². The molecule has 0 aliphatic carbocycles. The lowest BCUT2D eigenvalue weighted by molar-refractivity contribution is 0.101. The second kappa shape index (κ2) is 8.11. The Morgan fingerprint density at radius 2 is 1.66 bits per heavy atom. The summed E-state index contributed by atoms with van der Waals surface area (Å²) in [7, 11) is -3.83. The fourth-order valence-corrected chi connectivity index (χ4v) is 3.62. The molecule has 29 heavy (non-hydrogen) atoms. The minimum absolute atomic E-state index is 0.0893. The maximum absolute atomic E-state index is 12.4. The number of aromatic nitrogens is 1. The predicted molar refractivity (Wildman–Crippen MR) is 112 cm³/mol. The molecule has 2 amide bonds. The molecule has 3 aromatic rings. The zero-order valence-corrected chi connectivity index (χ0v) is 17.2. The number of hydrogen-bond donors (Lipinski definition) is 3. The Kier molecular flexibility index (Phi) is 5.78. The number of primary sulfonamides is 1. The SMILES string of the molecule is Cc1ccc(NC(=O)c2csc(NC(=O)c3ccc(S(N)(=O)=O)cc3)n2)cc1C. The lowest BCUT2D eigenvalue weighted by atomic mass is 10.1. The Morgan fingerprint density at radius 1 is 0.966 bits per heavy atom. The Bertz CT molecular complexity index is 1190. The third-order valence-corrected chi connectivity index (χ3v) is 5.85. The molecule has 0 unspecified atom stereocenters. The molecule has 0 saturated heterocycles. The molecule has 8 nitrogen and oxygen atoms in total. The van der Waals surface area contributed by atoms with Gasteiger partial charge in [-0.15, -0.1) is 11.3 Å². The highest BCUT2D eigenvalue weighted by molar-refractivity contribution is 7.89. The number of hydrogen-bond acceptors (Lipinski definition) is 6. The van der Waals surface area contributed by atoms with Crippen LogP contribution in [-0.2, 0) is 10.0 Å². The molecular formula is C19H18N4O4S2. The number of aryl methyl sites for hydroxylation is 2. The molecule has 0 spiro atoms. The van der Waals surface area contributed by atoms with Gasteiger partial charge >= 0.3 is 0 Å². The summed E-state index contributed by atoms with van der Waals surface area (Å²) in [5.74, 6) is -0.871. The maximum Gasteiger partial charge on any atom is 0.275 e. The van der Waals surface area contributed by atoms with Crippen molar-refractivity contribution in [2.75, 3.05) is 10.6 Å². The molecule has 4 N–H and O–H groups in total. The Hall–Kier alpha value is -3.08. The number of carbonyl (C=O) groups is 2. The molecule has 0 aliphatic heterocycles. The smallest absolute Gasteiger partial charge is 0.275 e. The number of rotatable bonds is 5. The summed E-state index contributed by atoms with van der Waals surface area (Å²) in [6, 6.07) is 10.8. The van der Waals surface area contributed by atoms with Gasteiger partial charge in [-0.25, -0.2) is 18.5 Å². The average molecular weight is 431 g/mol. The average Bonchev–Trinajstić information content (AvgIpc) is 3.13. The van der Waals surface area contributed by atoms with Crippen LogP contribution >= 0.6 is 11.3 Å². The normalized spacial score (nSPS) is 11.1. The van der Waals surface area contributed by atoms with Crippen LogP contribution in [0, 0.1) is 13.8 Å². The van der Waals surface area contributed by atoms with Crippen molar-refractivity contribution in [2.45, 2.75) is 18.7 Å². The molecule has 3 rings (SSSR count). The van der Waals surface area contributed by atoms with Gasteiger partial charge in [0.25, 0.3) is 11.8 Å². The van der Waals surface area contributed by atoms with Gasteiger partial charge in [-0.3, -0.25) is 14.9 Å². The number of nitrogens with two attached hydrogens (primary N) is 1. The summed E-state index contributed by atoms with van der Waals surface area (Å²) in [5, 5.41) is 12.2. The molecular weight excluding hydrogens is 412 g/mol. The van der Waals surface area contributed by atoms with E-state index in [1.165, 1.54) is 29.6 Å². The number of nitrogens with one attached hydrogen (secondary N) is 2. The van der Waals surface area contributed by atoms with E-state index in [2.05, 4.69) is 15.6 Å². The van der Waals surface area contributed by atoms with Crippen LogP contribution < -0.4 is 15.8 Å². The Morgan fingerprint density at radius 3 is 2.28 bits per heavy atom. The monoisotopic (exact) mass is 430 g/mol. The van der Waals surface area contributed by atoms with Gasteiger partial charge in [0.1, 0.15) is 5.69 Å². The highest BCUT2D eigenvalue weighted by atomic mass is 32.2. The first-order valence-corrected chi connectivity index (χ1v) is 10.8. The standard InChI is InChI=1S/C19H18N4O4S2/c1-11-3-6-14(9-12(11)2)21-18(25)16-10-28-19(22-16)23-17(24)13-4-7-15(8-5-13)29(20,26)27/h3-10H,1-2H3,(H,21,25)(H2,20,26,27)(H,22,23,24). The van der Waals surface area contributed by atoms with Crippen LogP contribution in [0.2, 0.25) is 0 Å². The number of thiazole rings is 1. The van der Waals surface area contributed by atoms with E-state index >= 15 is 0 Å². The molecule has 0 atom stereocenters. The minimum atomic E-state index is -3.83. The number of amides is 2. The van der Waals surface area contributed by atoms with Gasteiger partial charge in [0, 0.05) is 16.6 Å². The third kappa shape index (κ3) is 5.05. The molecule has 0 bridgehead atoms. The third-order valence-electron chi connectivity index (χ3n) is 4.17. The molecule has 2 aromatic carbocycles. The molecule has 10 heteroatoms. The number of benzene rings is 2. The Labute approximate surface area is 171 Å². The van der Waals surface area contributed by atoms with Gasteiger partial charge in [-0.2, -0.15) is 0 Å². The minimum Gasteiger partial charge on any atom is -0.321 e. The van der Waals surface area contributed by atoms with E-state index in [0.717, 1.165) is 22.5 Å². The van der Waals surface area contributed by atoms with Gasteiger partial charge in [0.05, 0.1) is 4.90 Å². The lowest BCUT2D eigenvalue weighted by Gasteiger charge is -2.06. The van der Waals surface area contributed by atoms with E-state index < -0.39 is 15.9 Å². The van der Waals surface area contributed by atoms with Crippen LogP contribution in [0.15, 0.2) is 52.7 Å². The second-order valence-corrected chi connectivity index (χ2v) is 8.73. The zero-order valence-electron chi connectivity index (χ0n) is 15.6. The van der Waals surface area contributed by atoms with Gasteiger partial charge in [0.2, 0.25) is 10.0 Å². The lowest BCUT2D eigenvalue weighted by Crippen LogP contribution is -2.15. The van der Waals surface area contributed by atoms with E-state index in [0.29, 0.717) is 5.69 Å². The fourth-order valence-electron chi connectivity index (χ4n) is 2.42. The van der Waals surface area contributed by atoms with Crippen LogP contribution in [0.4, 0.5) is 10.8 Å². The van der Waals surface area contributed by atoms with Crippen molar-refractivity contribution in [2.24, 2.45) is 5.14 Å². The predicted octanol–water partition coefficient (Wildman–Crippen LogP) is 2.91.